The van der Waals surface area contributed by atoms with Gasteiger partial charge in [-0.05, 0) is 24.7 Å². The quantitative estimate of drug-likeness (QED) is 0.811. The van der Waals surface area contributed by atoms with E-state index in [9.17, 15) is 13.2 Å². The van der Waals surface area contributed by atoms with Gasteiger partial charge in [-0.3, -0.25) is 0 Å². The van der Waals surface area contributed by atoms with Crippen molar-refractivity contribution < 1.29 is 13.2 Å². The zero-order chi connectivity index (χ0) is 12.9. The molecule has 0 N–H and O–H groups in total. The normalized spacial score (nSPS) is 11.5. The maximum Gasteiger partial charge on any atom is 0.390 e. The van der Waals surface area contributed by atoms with Gasteiger partial charge in [-0.2, -0.15) is 18.4 Å². The van der Waals surface area contributed by atoms with Gasteiger partial charge in [0.1, 0.15) is 0 Å². The van der Waals surface area contributed by atoms with Crippen molar-refractivity contribution in [2.24, 2.45) is 0 Å². The lowest BCUT2D eigenvalue weighted by Gasteiger charge is -2.17. The van der Waals surface area contributed by atoms with Crippen LogP contribution in [0.25, 0.3) is 0 Å². The fraction of sp³-hybridized carbons (Fsp3) is 0.417. The molecule has 5 heteroatoms. The van der Waals surface area contributed by atoms with E-state index in [1.54, 1.807) is 36.2 Å². The van der Waals surface area contributed by atoms with E-state index in [4.69, 9.17) is 5.26 Å². The number of benzene rings is 1. The summed E-state index contributed by atoms with van der Waals surface area (Å²) in [4.78, 5) is 1.61. The molecule has 0 atom stereocenters. The number of rotatable bonds is 4. The van der Waals surface area contributed by atoms with Crippen molar-refractivity contribution in [1.82, 2.24) is 4.90 Å². The number of halogens is 3. The minimum atomic E-state index is -4.11. The molecule has 17 heavy (non-hydrogen) atoms. The Morgan fingerprint density at radius 2 is 1.82 bits per heavy atom. The fourth-order valence-corrected chi connectivity index (χ4v) is 1.39. The van der Waals surface area contributed by atoms with Crippen molar-refractivity contribution in [3.05, 3.63) is 35.4 Å². The van der Waals surface area contributed by atoms with E-state index < -0.39 is 12.6 Å². The molecule has 0 bridgehead atoms. The van der Waals surface area contributed by atoms with Gasteiger partial charge >= 0.3 is 6.18 Å². The van der Waals surface area contributed by atoms with Gasteiger partial charge in [0, 0.05) is 13.1 Å². The van der Waals surface area contributed by atoms with E-state index in [-0.39, 0.29) is 6.54 Å². The molecule has 0 amide bonds. The lowest BCUT2D eigenvalue weighted by Crippen LogP contribution is -2.24. The molecule has 0 aromatic heterocycles. The van der Waals surface area contributed by atoms with Crippen LogP contribution in [0, 0.1) is 11.3 Å². The molecule has 2 nitrogen and oxygen atoms in total. The first-order chi connectivity index (χ1) is 7.90. The van der Waals surface area contributed by atoms with Crippen LogP contribution in [0.1, 0.15) is 17.5 Å². The first kappa shape index (κ1) is 13.5. The van der Waals surface area contributed by atoms with Crippen LogP contribution >= 0.6 is 0 Å². The van der Waals surface area contributed by atoms with Gasteiger partial charge in [0.05, 0.1) is 18.1 Å². The Morgan fingerprint density at radius 3 is 2.29 bits per heavy atom. The SMILES string of the molecule is CN(CCC(F)(F)F)Cc1ccc(C#N)cc1. The first-order valence-corrected chi connectivity index (χ1v) is 5.15. The maximum absolute atomic E-state index is 12.0. The molecular formula is C12H13F3N2. The number of hydrogen-bond donors (Lipinski definition) is 0. The Kier molecular flexibility index (Phi) is 4.53. The van der Waals surface area contributed by atoms with E-state index in [0.717, 1.165) is 5.56 Å². The molecule has 0 radical (unpaired) electrons. The van der Waals surface area contributed by atoms with Gasteiger partial charge in [0.15, 0.2) is 0 Å². The summed E-state index contributed by atoms with van der Waals surface area (Å²) in [6.07, 6.45) is -4.92. The van der Waals surface area contributed by atoms with Crippen LogP contribution in [0.2, 0.25) is 0 Å². The minimum absolute atomic E-state index is 0.0243. The second kappa shape index (κ2) is 5.69. The van der Waals surface area contributed by atoms with Crippen LogP contribution in [0.15, 0.2) is 24.3 Å². The molecule has 0 saturated carbocycles. The number of alkyl halides is 3. The van der Waals surface area contributed by atoms with Crippen molar-refractivity contribution in [1.29, 1.82) is 5.26 Å². The van der Waals surface area contributed by atoms with E-state index in [0.29, 0.717) is 12.1 Å². The second-order valence-corrected chi connectivity index (χ2v) is 3.91. The summed E-state index contributed by atoms with van der Waals surface area (Å²) in [5.41, 5.74) is 1.44. The predicted molar refractivity (Wildman–Crippen MR) is 58.2 cm³/mol. The molecule has 1 aromatic rings. The topological polar surface area (TPSA) is 27.0 Å². The summed E-state index contributed by atoms with van der Waals surface area (Å²) in [5, 5.41) is 8.60. The predicted octanol–water partition coefficient (Wildman–Crippen LogP) is 2.94. The molecule has 0 heterocycles. The minimum Gasteiger partial charge on any atom is -0.302 e. The van der Waals surface area contributed by atoms with E-state index in [1.165, 1.54) is 0 Å². The summed E-state index contributed by atoms with van der Waals surface area (Å²) in [7, 11) is 1.64. The van der Waals surface area contributed by atoms with E-state index >= 15 is 0 Å². The second-order valence-electron chi connectivity index (χ2n) is 3.91. The van der Waals surface area contributed by atoms with Crippen LogP contribution in [-0.4, -0.2) is 24.7 Å². The van der Waals surface area contributed by atoms with Crippen molar-refractivity contribution in [3.63, 3.8) is 0 Å². The standard InChI is InChI=1S/C12H13F3N2/c1-17(7-6-12(13,14)15)9-11-4-2-10(8-16)3-5-11/h2-5H,6-7,9H2,1H3. The largest absolute Gasteiger partial charge is 0.390 e. The fourth-order valence-electron chi connectivity index (χ4n) is 1.39. The monoisotopic (exact) mass is 242 g/mol. The van der Waals surface area contributed by atoms with Crippen molar-refractivity contribution in [3.8, 4) is 6.07 Å². The highest BCUT2D eigenvalue weighted by Gasteiger charge is 2.26. The van der Waals surface area contributed by atoms with Crippen molar-refractivity contribution in [2.45, 2.75) is 19.1 Å². The van der Waals surface area contributed by atoms with Gasteiger partial charge in [0.2, 0.25) is 0 Å². The highest BCUT2D eigenvalue weighted by molar-refractivity contribution is 5.31. The molecule has 0 saturated heterocycles. The number of nitrogens with zero attached hydrogens (tertiary/aromatic N) is 2. The average molecular weight is 242 g/mol. The molecule has 0 aliphatic heterocycles. The third-order valence-corrected chi connectivity index (χ3v) is 2.31. The molecule has 0 unspecified atom stereocenters. The zero-order valence-electron chi connectivity index (χ0n) is 9.46. The summed E-state index contributed by atoms with van der Waals surface area (Å²) >= 11 is 0. The highest BCUT2D eigenvalue weighted by atomic mass is 19.4. The van der Waals surface area contributed by atoms with Crippen LogP contribution < -0.4 is 0 Å². The van der Waals surface area contributed by atoms with E-state index in [1.807, 2.05) is 6.07 Å². The summed E-state index contributed by atoms with van der Waals surface area (Å²) in [6, 6.07) is 8.81. The van der Waals surface area contributed by atoms with E-state index in [2.05, 4.69) is 0 Å². The molecule has 0 spiro atoms. The first-order valence-electron chi connectivity index (χ1n) is 5.15. The lowest BCUT2D eigenvalue weighted by molar-refractivity contribution is -0.137. The van der Waals surface area contributed by atoms with Gasteiger partial charge in [-0.25, -0.2) is 0 Å². The Bertz CT molecular complexity index is 390. The summed E-state index contributed by atoms with van der Waals surface area (Å²) in [6.45, 7) is 0.422. The maximum atomic E-state index is 12.0. The van der Waals surface area contributed by atoms with Crippen LogP contribution in [0.5, 0.6) is 0 Å². The average Bonchev–Trinajstić information content (AvgIpc) is 2.27. The Balaban J connectivity index is 2.45. The molecule has 0 aliphatic rings. The van der Waals surface area contributed by atoms with Crippen LogP contribution in [0.4, 0.5) is 13.2 Å². The van der Waals surface area contributed by atoms with Gasteiger partial charge in [0.25, 0.3) is 0 Å². The third-order valence-electron chi connectivity index (χ3n) is 2.31. The van der Waals surface area contributed by atoms with Gasteiger partial charge < -0.3 is 4.90 Å². The van der Waals surface area contributed by atoms with Crippen molar-refractivity contribution in [2.75, 3.05) is 13.6 Å². The Hall–Kier alpha value is -1.54. The molecule has 92 valence electrons. The Labute approximate surface area is 98.3 Å². The molecule has 1 rings (SSSR count). The van der Waals surface area contributed by atoms with Gasteiger partial charge in [-0.15, -0.1) is 0 Å². The van der Waals surface area contributed by atoms with Crippen molar-refractivity contribution >= 4 is 0 Å². The lowest BCUT2D eigenvalue weighted by atomic mass is 10.1. The van der Waals surface area contributed by atoms with Gasteiger partial charge in [-0.1, -0.05) is 12.1 Å². The molecular weight excluding hydrogens is 229 g/mol. The summed E-state index contributed by atoms with van der Waals surface area (Å²) in [5.74, 6) is 0. The van der Waals surface area contributed by atoms with Crippen LogP contribution in [0.3, 0.4) is 0 Å². The zero-order valence-corrected chi connectivity index (χ0v) is 9.46. The third kappa shape index (κ3) is 5.36. The highest BCUT2D eigenvalue weighted by Crippen LogP contribution is 2.19. The molecule has 0 aliphatic carbocycles. The smallest absolute Gasteiger partial charge is 0.302 e. The molecule has 1 aromatic carbocycles. The number of nitriles is 1. The number of hydrogen-bond acceptors (Lipinski definition) is 2. The molecule has 0 fully saturated rings. The summed E-state index contributed by atoms with van der Waals surface area (Å²) < 4.78 is 36.0. The Morgan fingerprint density at radius 1 is 1.24 bits per heavy atom. The van der Waals surface area contributed by atoms with Crippen LogP contribution in [-0.2, 0) is 6.54 Å².